The van der Waals surface area contributed by atoms with Crippen molar-refractivity contribution in [1.29, 1.82) is 0 Å². The van der Waals surface area contributed by atoms with Gasteiger partial charge in [-0.05, 0) is 58.9 Å². The summed E-state index contributed by atoms with van der Waals surface area (Å²) in [4.78, 5) is 2.25. The molecule has 0 heterocycles. The minimum Gasteiger partial charge on any atom is -0.317 e. The first-order valence-electron chi connectivity index (χ1n) is 7.14. The molecule has 0 amide bonds. The van der Waals surface area contributed by atoms with Gasteiger partial charge in [0.1, 0.15) is 0 Å². The van der Waals surface area contributed by atoms with E-state index in [4.69, 9.17) is 0 Å². The van der Waals surface area contributed by atoms with E-state index in [-0.39, 0.29) is 0 Å². The maximum absolute atomic E-state index is 3.55. The van der Waals surface area contributed by atoms with Gasteiger partial charge in [-0.15, -0.1) is 0 Å². The largest absolute Gasteiger partial charge is 0.317 e. The van der Waals surface area contributed by atoms with Gasteiger partial charge in [0, 0.05) is 0 Å². The summed E-state index contributed by atoms with van der Waals surface area (Å²) >= 11 is 0. The Kier molecular flexibility index (Phi) is 7.87. The topological polar surface area (TPSA) is 15.3 Å². The van der Waals surface area contributed by atoms with Gasteiger partial charge in [-0.1, -0.05) is 32.1 Å². The molecule has 1 aliphatic rings. The fourth-order valence-corrected chi connectivity index (χ4v) is 2.64. The lowest BCUT2D eigenvalue weighted by molar-refractivity contribution is 0.329. The molecule has 0 aromatic heterocycles. The van der Waals surface area contributed by atoms with Crippen molar-refractivity contribution in [3.05, 3.63) is 0 Å². The van der Waals surface area contributed by atoms with Crippen LogP contribution in [0.2, 0.25) is 0 Å². The standard InChI is InChI=1S/C14H30N2/c1-16(2)13-7-12-15-11-6-10-14-8-4-3-5-9-14/h14-15H,3-13H2,1-2H3. The summed E-state index contributed by atoms with van der Waals surface area (Å²) < 4.78 is 0. The minimum atomic E-state index is 1.05. The van der Waals surface area contributed by atoms with Crippen LogP contribution in [-0.2, 0) is 0 Å². The molecule has 0 aromatic carbocycles. The molecule has 2 heteroatoms. The molecule has 0 radical (unpaired) electrons. The smallest absolute Gasteiger partial charge is 0.00127 e. The molecule has 0 atom stereocenters. The lowest BCUT2D eigenvalue weighted by atomic mass is 9.86. The molecule has 0 spiro atoms. The van der Waals surface area contributed by atoms with E-state index in [2.05, 4.69) is 24.3 Å². The van der Waals surface area contributed by atoms with Crippen molar-refractivity contribution >= 4 is 0 Å². The number of rotatable bonds is 8. The third kappa shape index (κ3) is 7.24. The van der Waals surface area contributed by atoms with E-state index in [1.165, 1.54) is 71.0 Å². The molecule has 1 rings (SSSR count). The molecule has 1 N–H and O–H groups in total. The summed E-state index contributed by atoms with van der Waals surface area (Å²) in [5.74, 6) is 1.05. The van der Waals surface area contributed by atoms with Gasteiger partial charge in [-0.25, -0.2) is 0 Å². The molecule has 1 fully saturated rings. The van der Waals surface area contributed by atoms with E-state index in [9.17, 15) is 0 Å². The fourth-order valence-electron chi connectivity index (χ4n) is 2.64. The van der Waals surface area contributed by atoms with E-state index >= 15 is 0 Å². The summed E-state index contributed by atoms with van der Waals surface area (Å²) in [6.07, 6.45) is 11.6. The highest BCUT2D eigenvalue weighted by molar-refractivity contribution is 4.66. The second kappa shape index (κ2) is 9.00. The Morgan fingerprint density at radius 3 is 2.38 bits per heavy atom. The van der Waals surface area contributed by atoms with Crippen molar-refractivity contribution in [2.24, 2.45) is 5.92 Å². The van der Waals surface area contributed by atoms with Gasteiger partial charge in [0.15, 0.2) is 0 Å². The normalized spacial score (nSPS) is 18.2. The summed E-state index contributed by atoms with van der Waals surface area (Å²) in [5, 5.41) is 3.55. The van der Waals surface area contributed by atoms with E-state index in [1.807, 2.05) is 0 Å². The lowest BCUT2D eigenvalue weighted by Gasteiger charge is -2.21. The van der Waals surface area contributed by atoms with Crippen LogP contribution >= 0.6 is 0 Å². The molecule has 0 aliphatic heterocycles. The Morgan fingerprint density at radius 2 is 1.69 bits per heavy atom. The zero-order valence-electron chi connectivity index (χ0n) is 11.3. The van der Waals surface area contributed by atoms with E-state index < -0.39 is 0 Å². The van der Waals surface area contributed by atoms with Crippen LogP contribution in [0.5, 0.6) is 0 Å². The lowest BCUT2D eigenvalue weighted by Crippen LogP contribution is -2.22. The van der Waals surface area contributed by atoms with Gasteiger partial charge in [-0.3, -0.25) is 0 Å². The third-order valence-electron chi connectivity index (χ3n) is 3.65. The van der Waals surface area contributed by atoms with E-state index in [1.54, 1.807) is 0 Å². The Labute approximate surface area is 102 Å². The van der Waals surface area contributed by atoms with Crippen LogP contribution in [0.3, 0.4) is 0 Å². The van der Waals surface area contributed by atoms with E-state index in [0.717, 1.165) is 5.92 Å². The predicted octanol–water partition coefficient (Wildman–Crippen LogP) is 2.89. The summed E-state index contributed by atoms with van der Waals surface area (Å²) in [5.41, 5.74) is 0. The predicted molar refractivity (Wildman–Crippen MR) is 71.8 cm³/mol. The average Bonchev–Trinajstić information content (AvgIpc) is 2.29. The number of hydrogen-bond acceptors (Lipinski definition) is 2. The van der Waals surface area contributed by atoms with Gasteiger partial charge in [-0.2, -0.15) is 0 Å². The SMILES string of the molecule is CN(C)CCCNCCCC1CCCCC1. The van der Waals surface area contributed by atoms with Crippen LogP contribution in [0.25, 0.3) is 0 Å². The van der Waals surface area contributed by atoms with Crippen molar-refractivity contribution in [3.63, 3.8) is 0 Å². The maximum Gasteiger partial charge on any atom is -0.00127 e. The average molecular weight is 226 g/mol. The van der Waals surface area contributed by atoms with Gasteiger partial charge >= 0.3 is 0 Å². The molecule has 0 saturated heterocycles. The highest BCUT2D eigenvalue weighted by Gasteiger charge is 2.12. The molecular weight excluding hydrogens is 196 g/mol. The molecular formula is C14H30N2. The highest BCUT2D eigenvalue weighted by atomic mass is 15.0. The van der Waals surface area contributed by atoms with Crippen LogP contribution in [0.1, 0.15) is 51.4 Å². The monoisotopic (exact) mass is 226 g/mol. The van der Waals surface area contributed by atoms with Crippen LogP contribution in [0.4, 0.5) is 0 Å². The molecule has 16 heavy (non-hydrogen) atoms. The summed E-state index contributed by atoms with van der Waals surface area (Å²) in [6.45, 7) is 3.61. The zero-order chi connectivity index (χ0) is 11.6. The molecule has 1 aliphatic carbocycles. The Balaban J connectivity index is 1.80. The van der Waals surface area contributed by atoms with Gasteiger partial charge in [0.25, 0.3) is 0 Å². The summed E-state index contributed by atoms with van der Waals surface area (Å²) in [7, 11) is 4.28. The zero-order valence-corrected chi connectivity index (χ0v) is 11.3. The van der Waals surface area contributed by atoms with Crippen molar-refractivity contribution in [3.8, 4) is 0 Å². The number of nitrogens with one attached hydrogen (secondary N) is 1. The molecule has 1 saturated carbocycles. The molecule has 0 aromatic rings. The molecule has 96 valence electrons. The Morgan fingerprint density at radius 1 is 1.00 bits per heavy atom. The van der Waals surface area contributed by atoms with Crippen LogP contribution in [0, 0.1) is 5.92 Å². The highest BCUT2D eigenvalue weighted by Crippen LogP contribution is 2.26. The second-order valence-electron chi connectivity index (χ2n) is 5.55. The van der Waals surface area contributed by atoms with Crippen LogP contribution in [-0.4, -0.2) is 38.6 Å². The van der Waals surface area contributed by atoms with Crippen molar-refractivity contribution in [2.75, 3.05) is 33.7 Å². The quantitative estimate of drug-likeness (QED) is 0.640. The summed E-state index contributed by atoms with van der Waals surface area (Å²) in [6, 6.07) is 0. The third-order valence-corrected chi connectivity index (χ3v) is 3.65. The van der Waals surface area contributed by atoms with Crippen molar-refractivity contribution in [2.45, 2.75) is 51.4 Å². The van der Waals surface area contributed by atoms with Gasteiger partial charge in [0.2, 0.25) is 0 Å². The van der Waals surface area contributed by atoms with Crippen LogP contribution in [0.15, 0.2) is 0 Å². The first-order chi connectivity index (χ1) is 7.79. The van der Waals surface area contributed by atoms with Crippen LogP contribution < -0.4 is 5.32 Å². The molecule has 0 bridgehead atoms. The Bertz CT molecular complexity index is 151. The molecule has 0 unspecified atom stereocenters. The minimum absolute atomic E-state index is 1.05. The van der Waals surface area contributed by atoms with Crippen molar-refractivity contribution in [1.82, 2.24) is 10.2 Å². The van der Waals surface area contributed by atoms with Gasteiger partial charge in [0.05, 0.1) is 0 Å². The number of hydrogen-bond donors (Lipinski definition) is 1. The number of nitrogens with zero attached hydrogens (tertiary/aromatic N) is 1. The van der Waals surface area contributed by atoms with Gasteiger partial charge < -0.3 is 10.2 Å². The second-order valence-corrected chi connectivity index (χ2v) is 5.55. The Hall–Kier alpha value is -0.0800. The first-order valence-corrected chi connectivity index (χ1v) is 7.14. The first kappa shape index (κ1) is 14.0. The fraction of sp³-hybridized carbons (Fsp3) is 1.00. The molecule has 2 nitrogen and oxygen atoms in total. The maximum atomic E-state index is 3.55. The van der Waals surface area contributed by atoms with E-state index in [0.29, 0.717) is 0 Å². The van der Waals surface area contributed by atoms with Crippen molar-refractivity contribution < 1.29 is 0 Å².